The Hall–Kier alpha value is -1.36. The average Bonchev–Trinajstić information content (AvgIpc) is 2.36. The molecule has 1 saturated carbocycles. The molecule has 1 aromatic rings. The summed E-state index contributed by atoms with van der Waals surface area (Å²) in [6.07, 6.45) is 7.75. The fourth-order valence-corrected chi connectivity index (χ4v) is 2.78. The van der Waals surface area contributed by atoms with Crippen molar-refractivity contribution in [1.82, 2.24) is 0 Å². The second-order valence-electron chi connectivity index (χ2n) is 5.23. The van der Waals surface area contributed by atoms with Gasteiger partial charge in [0.05, 0.1) is 9.95 Å². The van der Waals surface area contributed by atoms with Crippen LogP contribution in [0.3, 0.4) is 0 Å². The first-order valence-electron chi connectivity index (χ1n) is 6.98. The Morgan fingerprint density at radius 3 is 2.40 bits per heavy atom. The van der Waals surface area contributed by atoms with E-state index >= 15 is 0 Å². The van der Waals surface area contributed by atoms with Crippen LogP contribution in [-0.2, 0) is 0 Å². The van der Waals surface area contributed by atoms with Crippen molar-refractivity contribution in [3.8, 4) is 0 Å². The Morgan fingerprint density at radius 2 is 1.80 bits per heavy atom. The number of hydrogen-bond donors (Lipinski definition) is 1. The molecule has 0 atom stereocenters. The summed E-state index contributed by atoms with van der Waals surface area (Å²) >= 11 is 5.61. The third-order valence-electron chi connectivity index (χ3n) is 3.70. The van der Waals surface area contributed by atoms with E-state index in [0.29, 0.717) is 0 Å². The molecule has 0 unspecified atom stereocenters. The zero-order valence-corrected chi connectivity index (χ0v) is 12.0. The predicted molar refractivity (Wildman–Crippen MR) is 77.8 cm³/mol. The van der Waals surface area contributed by atoms with Crippen LogP contribution in [-0.4, -0.2) is 11.0 Å². The zero-order chi connectivity index (χ0) is 14.5. The molecule has 2 rings (SSSR count). The van der Waals surface area contributed by atoms with Crippen molar-refractivity contribution in [2.75, 3.05) is 5.32 Å². The first-order valence-corrected chi connectivity index (χ1v) is 7.35. The van der Waals surface area contributed by atoms with E-state index < -0.39 is 10.7 Å². The number of nitrogens with zero attached hydrogens (tertiary/aromatic N) is 1. The lowest BCUT2D eigenvalue weighted by Gasteiger charge is -2.22. The van der Waals surface area contributed by atoms with Crippen LogP contribution in [0.25, 0.3) is 0 Å². The van der Waals surface area contributed by atoms with Crippen LogP contribution in [0.4, 0.5) is 15.8 Å². The summed E-state index contributed by atoms with van der Waals surface area (Å²) in [4.78, 5) is 10.5. The first kappa shape index (κ1) is 15.0. The quantitative estimate of drug-likeness (QED) is 0.637. The third-order valence-corrected chi connectivity index (χ3v) is 3.99. The van der Waals surface area contributed by atoms with Crippen LogP contribution < -0.4 is 5.32 Å². The van der Waals surface area contributed by atoms with Gasteiger partial charge in [-0.2, -0.15) is 0 Å². The standard InChI is InChI=1S/C14H18ClFN2O2/c15-11-8-14(18(19)20)13(9-12(11)16)17-10-6-4-2-1-3-5-7-10/h8-10,17H,1-7H2. The number of nitro groups is 1. The summed E-state index contributed by atoms with van der Waals surface area (Å²) in [7, 11) is 0. The monoisotopic (exact) mass is 300 g/mol. The van der Waals surface area contributed by atoms with E-state index in [1.165, 1.54) is 19.3 Å². The van der Waals surface area contributed by atoms with Gasteiger partial charge in [-0.15, -0.1) is 0 Å². The number of benzene rings is 1. The number of nitrogens with one attached hydrogen (secondary N) is 1. The minimum Gasteiger partial charge on any atom is -0.377 e. The first-order chi connectivity index (χ1) is 9.58. The molecule has 1 aromatic carbocycles. The molecule has 20 heavy (non-hydrogen) atoms. The van der Waals surface area contributed by atoms with E-state index in [0.717, 1.165) is 37.8 Å². The highest BCUT2D eigenvalue weighted by Gasteiger charge is 2.20. The molecule has 1 N–H and O–H groups in total. The molecule has 4 nitrogen and oxygen atoms in total. The second-order valence-corrected chi connectivity index (χ2v) is 5.63. The van der Waals surface area contributed by atoms with Gasteiger partial charge in [0, 0.05) is 18.2 Å². The maximum Gasteiger partial charge on any atom is 0.294 e. The molecule has 0 amide bonds. The minimum atomic E-state index is -0.634. The van der Waals surface area contributed by atoms with E-state index in [1.54, 1.807) is 0 Å². The van der Waals surface area contributed by atoms with Gasteiger partial charge >= 0.3 is 0 Å². The molecule has 0 aliphatic heterocycles. The van der Waals surface area contributed by atoms with Gasteiger partial charge in [-0.25, -0.2) is 4.39 Å². The van der Waals surface area contributed by atoms with Gasteiger partial charge in [-0.1, -0.05) is 43.7 Å². The fraction of sp³-hybridized carbons (Fsp3) is 0.571. The number of halogens is 2. The summed E-state index contributed by atoms with van der Waals surface area (Å²) in [5.74, 6) is -0.634. The molecule has 110 valence electrons. The van der Waals surface area contributed by atoms with E-state index in [2.05, 4.69) is 5.32 Å². The van der Waals surface area contributed by atoms with Crippen molar-refractivity contribution in [2.24, 2.45) is 0 Å². The van der Waals surface area contributed by atoms with E-state index in [1.807, 2.05) is 0 Å². The summed E-state index contributed by atoms with van der Waals surface area (Å²) in [6, 6.07) is 2.36. The molecule has 0 heterocycles. The largest absolute Gasteiger partial charge is 0.377 e. The van der Waals surface area contributed by atoms with Gasteiger partial charge < -0.3 is 5.32 Å². The van der Waals surface area contributed by atoms with Gasteiger partial charge in [0.1, 0.15) is 11.5 Å². The maximum absolute atomic E-state index is 13.5. The predicted octanol–water partition coefficient (Wildman–Crippen LogP) is 4.91. The van der Waals surface area contributed by atoms with Crippen molar-refractivity contribution in [2.45, 2.75) is 51.0 Å². The Labute approximate surface area is 122 Å². The molecule has 0 saturated heterocycles. The summed E-state index contributed by atoms with van der Waals surface area (Å²) in [5, 5.41) is 13.9. The van der Waals surface area contributed by atoms with Crippen LogP contribution >= 0.6 is 11.6 Å². The Balaban J connectivity index is 2.18. The minimum absolute atomic E-state index is 0.162. The van der Waals surface area contributed by atoms with Crippen molar-refractivity contribution in [3.05, 3.63) is 33.1 Å². The number of anilines is 1. The van der Waals surface area contributed by atoms with Crippen LogP contribution in [0.1, 0.15) is 44.9 Å². The molecule has 0 aromatic heterocycles. The van der Waals surface area contributed by atoms with Crippen molar-refractivity contribution >= 4 is 23.0 Å². The van der Waals surface area contributed by atoms with Gasteiger partial charge in [-0.3, -0.25) is 10.1 Å². The van der Waals surface area contributed by atoms with Crippen LogP contribution in [0.15, 0.2) is 12.1 Å². The Morgan fingerprint density at radius 1 is 1.20 bits per heavy atom. The second kappa shape index (κ2) is 6.88. The maximum atomic E-state index is 13.5. The molecule has 1 aliphatic carbocycles. The lowest BCUT2D eigenvalue weighted by Crippen LogP contribution is -2.21. The van der Waals surface area contributed by atoms with Crippen LogP contribution in [0, 0.1) is 15.9 Å². The van der Waals surface area contributed by atoms with Crippen LogP contribution in [0.5, 0.6) is 0 Å². The van der Waals surface area contributed by atoms with Gasteiger partial charge in [0.25, 0.3) is 5.69 Å². The number of hydrogen-bond acceptors (Lipinski definition) is 3. The number of rotatable bonds is 3. The highest BCUT2D eigenvalue weighted by molar-refractivity contribution is 6.31. The van der Waals surface area contributed by atoms with Gasteiger partial charge in [0.15, 0.2) is 0 Å². The molecule has 0 spiro atoms. The van der Waals surface area contributed by atoms with Crippen molar-refractivity contribution in [1.29, 1.82) is 0 Å². The SMILES string of the molecule is O=[N+]([O-])c1cc(Cl)c(F)cc1NC1CCCCCCC1. The molecule has 0 bridgehead atoms. The highest BCUT2D eigenvalue weighted by atomic mass is 35.5. The highest BCUT2D eigenvalue weighted by Crippen LogP contribution is 2.32. The molecule has 0 radical (unpaired) electrons. The molecule has 1 aliphatic rings. The summed E-state index contributed by atoms with van der Waals surface area (Å²) < 4.78 is 13.5. The average molecular weight is 301 g/mol. The van der Waals surface area contributed by atoms with E-state index in [-0.39, 0.29) is 22.4 Å². The molecular formula is C14H18ClFN2O2. The topological polar surface area (TPSA) is 55.2 Å². The summed E-state index contributed by atoms with van der Waals surface area (Å²) in [5.41, 5.74) is 0.0564. The van der Waals surface area contributed by atoms with Crippen LogP contribution in [0.2, 0.25) is 5.02 Å². The Bertz CT molecular complexity index is 488. The van der Waals surface area contributed by atoms with E-state index in [4.69, 9.17) is 11.6 Å². The number of nitro benzene ring substituents is 1. The van der Waals surface area contributed by atoms with E-state index in [9.17, 15) is 14.5 Å². The zero-order valence-electron chi connectivity index (χ0n) is 11.2. The fourth-order valence-electron chi connectivity index (χ4n) is 2.62. The third kappa shape index (κ3) is 3.82. The molecular weight excluding hydrogens is 283 g/mol. The summed E-state index contributed by atoms with van der Waals surface area (Å²) in [6.45, 7) is 0. The smallest absolute Gasteiger partial charge is 0.294 e. The Kier molecular flexibility index (Phi) is 5.17. The van der Waals surface area contributed by atoms with Crippen molar-refractivity contribution < 1.29 is 9.31 Å². The molecule has 1 fully saturated rings. The van der Waals surface area contributed by atoms with Crippen molar-refractivity contribution in [3.63, 3.8) is 0 Å². The van der Waals surface area contributed by atoms with Gasteiger partial charge in [-0.05, 0) is 12.8 Å². The normalized spacial score (nSPS) is 17.3. The van der Waals surface area contributed by atoms with Gasteiger partial charge in [0.2, 0.25) is 0 Å². The lowest BCUT2D eigenvalue weighted by atomic mass is 9.96. The lowest BCUT2D eigenvalue weighted by molar-refractivity contribution is -0.384. The molecule has 6 heteroatoms.